The van der Waals surface area contributed by atoms with Crippen LogP contribution in [0.25, 0.3) is 0 Å². The van der Waals surface area contributed by atoms with Crippen LogP contribution in [-0.4, -0.2) is 43.5 Å². The van der Waals surface area contributed by atoms with E-state index in [2.05, 4.69) is 15.1 Å². The summed E-state index contributed by atoms with van der Waals surface area (Å²) in [5, 5.41) is 11.5. The van der Waals surface area contributed by atoms with Crippen LogP contribution in [0.2, 0.25) is 0 Å². The quantitative estimate of drug-likeness (QED) is 0.174. The molecular weight excluding hydrogens is 230 g/mol. The highest BCUT2D eigenvalue weighted by Crippen LogP contribution is 1.97. The van der Waals surface area contributed by atoms with Crippen LogP contribution in [0.1, 0.15) is 12.8 Å². The fourth-order valence-corrected chi connectivity index (χ4v) is 1.04. The number of aliphatic carboxylic acids is 1. The normalized spacial score (nSPS) is 14.5. The highest BCUT2D eigenvalue weighted by atomic mass is 17.2. The molecule has 0 spiro atoms. The van der Waals surface area contributed by atoms with E-state index >= 15 is 0 Å². The summed E-state index contributed by atoms with van der Waals surface area (Å²) >= 11 is 0. The minimum Gasteiger partial charge on any atom is -0.477 e. The van der Waals surface area contributed by atoms with Gasteiger partial charge in [-0.1, -0.05) is 0 Å². The molecule has 0 atom stereocenters. The zero-order valence-electron chi connectivity index (χ0n) is 9.47. The Morgan fingerprint density at radius 1 is 1.29 bits per heavy atom. The van der Waals surface area contributed by atoms with Crippen molar-refractivity contribution in [2.75, 3.05) is 20.2 Å². The lowest BCUT2D eigenvalue weighted by atomic mass is 10.2. The number of hydrogen-bond acceptors (Lipinski definition) is 6. The van der Waals surface area contributed by atoms with Crippen LogP contribution < -0.4 is 5.32 Å². The standard InChI is InChI=1S/C6H6O6.C4H9N/c1-11-12-6(10)4(2-3-7)5(8)9;1-2-4-5-3-1/h2-3H,1H3,(H,8,9);5H,1-4H2/b4-2+;. The van der Waals surface area contributed by atoms with Crippen LogP contribution in [0.5, 0.6) is 0 Å². The van der Waals surface area contributed by atoms with E-state index in [-0.39, 0.29) is 6.29 Å². The molecule has 96 valence electrons. The molecule has 1 heterocycles. The molecule has 0 saturated carbocycles. The Morgan fingerprint density at radius 2 is 1.88 bits per heavy atom. The number of hydrogen-bond donors (Lipinski definition) is 2. The minimum absolute atomic E-state index is 0.167. The topological polar surface area (TPSA) is 102 Å². The maximum Gasteiger partial charge on any atom is 0.380 e. The van der Waals surface area contributed by atoms with E-state index in [4.69, 9.17) is 5.11 Å². The highest BCUT2D eigenvalue weighted by Gasteiger charge is 2.19. The van der Waals surface area contributed by atoms with E-state index in [1.165, 1.54) is 25.9 Å². The van der Waals surface area contributed by atoms with Crippen LogP contribution in [0.3, 0.4) is 0 Å². The largest absolute Gasteiger partial charge is 0.477 e. The Labute approximate surface area is 98.3 Å². The summed E-state index contributed by atoms with van der Waals surface area (Å²) in [5.41, 5.74) is -0.785. The van der Waals surface area contributed by atoms with Crippen LogP contribution in [0, 0.1) is 0 Å². The molecule has 17 heavy (non-hydrogen) atoms. The molecule has 1 aliphatic heterocycles. The number of aldehydes is 1. The first kappa shape index (κ1) is 15.3. The molecule has 0 aromatic heterocycles. The van der Waals surface area contributed by atoms with Crippen molar-refractivity contribution in [3.8, 4) is 0 Å². The summed E-state index contributed by atoms with van der Waals surface area (Å²) in [6, 6.07) is 0. The van der Waals surface area contributed by atoms with E-state index in [9.17, 15) is 14.4 Å². The highest BCUT2D eigenvalue weighted by molar-refractivity contribution is 6.15. The summed E-state index contributed by atoms with van der Waals surface area (Å²) in [5.74, 6) is -2.78. The van der Waals surface area contributed by atoms with E-state index in [1.54, 1.807) is 0 Å². The van der Waals surface area contributed by atoms with Gasteiger partial charge in [0.1, 0.15) is 6.29 Å². The van der Waals surface area contributed by atoms with E-state index < -0.39 is 17.5 Å². The summed E-state index contributed by atoms with van der Waals surface area (Å²) < 4.78 is 0. The molecular formula is C10H15NO6. The average molecular weight is 245 g/mol. The van der Waals surface area contributed by atoms with Gasteiger partial charge in [-0.2, -0.15) is 4.89 Å². The molecule has 1 fully saturated rings. The van der Waals surface area contributed by atoms with Gasteiger partial charge in [-0.3, -0.25) is 9.68 Å². The van der Waals surface area contributed by atoms with Crippen molar-refractivity contribution < 1.29 is 29.3 Å². The van der Waals surface area contributed by atoms with Crippen molar-refractivity contribution in [1.29, 1.82) is 0 Å². The molecule has 0 bridgehead atoms. The number of carbonyl (C=O) groups excluding carboxylic acids is 2. The summed E-state index contributed by atoms with van der Waals surface area (Å²) in [6.45, 7) is 2.50. The van der Waals surface area contributed by atoms with E-state index in [0.29, 0.717) is 6.08 Å². The third-order valence-corrected chi connectivity index (χ3v) is 1.80. The zero-order chi connectivity index (χ0) is 13.1. The smallest absolute Gasteiger partial charge is 0.380 e. The van der Waals surface area contributed by atoms with Crippen molar-refractivity contribution >= 4 is 18.2 Å². The van der Waals surface area contributed by atoms with Gasteiger partial charge in [0.25, 0.3) is 0 Å². The molecule has 2 N–H and O–H groups in total. The second-order valence-electron chi connectivity index (χ2n) is 3.02. The number of carbonyl (C=O) groups is 3. The maximum atomic E-state index is 10.6. The molecule has 0 radical (unpaired) electrons. The van der Waals surface area contributed by atoms with Crippen molar-refractivity contribution in [3.05, 3.63) is 11.6 Å². The van der Waals surface area contributed by atoms with Gasteiger partial charge >= 0.3 is 11.9 Å². The SMILES string of the molecule is C1CCNC1.COOC(=O)/C(=C/C=O)C(=O)O. The molecule has 7 heteroatoms. The zero-order valence-corrected chi connectivity index (χ0v) is 9.47. The molecule has 1 aliphatic rings. The van der Waals surface area contributed by atoms with Gasteiger partial charge in [0.05, 0.1) is 7.11 Å². The molecule has 0 aromatic carbocycles. The molecule has 7 nitrogen and oxygen atoms in total. The average Bonchev–Trinajstić information content (AvgIpc) is 2.84. The van der Waals surface area contributed by atoms with Gasteiger partial charge < -0.3 is 10.4 Å². The van der Waals surface area contributed by atoms with Crippen LogP contribution in [-0.2, 0) is 24.2 Å². The van der Waals surface area contributed by atoms with Crippen molar-refractivity contribution in [2.45, 2.75) is 12.8 Å². The minimum atomic E-state index is -1.55. The van der Waals surface area contributed by atoms with Gasteiger partial charge in [-0.05, 0) is 32.0 Å². The third kappa shape index (κ3) is 7.20. The van der Waals surface area contributed by atoms with Gasteiger partial charge in [-0.25, -0.2) is 9.59 Å². The lowest BCUT2D eigenvalue weighted by Crippen LogP contribution is -2.15. The predicted octanol–water partition coefficient (Wildman–Crippen LogP) is -0.329. The van der Waals surface area contributed by atoms with Crippen LogP contribution in [0.15, 0.2) is 11.6 Å². The maximum absolute atomic E-state index is 10.6. The fourth-order valence-electron chi connectivity index (χ4n) is 1.04. The number of carboxylic acid groups (broad SMARTS) is 1. The molecule has 0 amide bonds. The summed E-state index contributed by atoms with van der Waals surface area (Å²) in [7, 11) is 1.04. The van der Waals surface area contributed by atoms with E-state index in [0.717, 1.165) is 7.11 Å². The number of nitrogens with one attached hydrogen (secondary N) is 1. The van der Waals surface area contributed by atoms with Crippen molar-refractivity contribution in [2.24, 2.45) is 0 Å². The van der Waals surface area contributed by atoms with Gasteiger partial charge in [0.2, 0.25) is 0 Å². The monoisotopic (exact) mass is 245 g/mol. The van der Waals surface area contributed by atoms with Gasteiger partial charge in [0, 0.05) is 0 Å². The molecule has 0 aromatic rings. The van der Waals surface area contributed by atoms with Crippen molar-refractivity contribution in [3.63, 3.8) is 0 Å². The lowest BCUT2D eigenvalue weighted by molar-refractivity contribution is -0.250. The van der Waals surface area contributed by atoms with Gasteiger partial charge in [0.15, 0.2) is 5.57 Å². The molecule has 0 unspecified atom stereocenters. The second-order valence-corrected chi connectivity index (χ2v) is 3.02. The lowest BCUT2D eigenvalue weighted by Gasteiger charge is -1.97. The van der Waals surface area contributed by atoms with E-state index in [1.807, 2.05) is 0 Å². The number of rotatable bonds is 4. The Kier molecular flexibility index (Phi) is 8.53. The molecule has 1 rings (SSSR count). The molecule has 0 aliphatic carbocycles. The fraction of sp³-hybridized carbons (Fsp3) is 0.500. The first-order chi connectivity index (χ1) is 8.13. The predicted molar refractivity (Wildman–Crippen MR) is 57.0 cm³/mol. The third-order valence-electron chi connectivity index (χ3n) is 1.80. The molecule has 1 saturated heterocycles. The Morgan fingerprint density at radius 3 is 2.18 bits per heavy atom. The van der Waals surface area contributed by atoms with Crippen molar-refractivity contribution in [1.82, 2.24) is 5.32 Å². The number of allylic oxidation sites excluding steroid dienone is 1. The Hall–Kier alpha value is -1.73. The second kappa shape index (κ2) is 9.49. The first-order valence-corrected chi connectivity index (χ1v) is 4.98. The number of carboxylic acids is 1. The summed E-state index contributed by atoms with van der Waals surface area (Å²) in [6.07, 6.45) is 3.52. The van der Waals surface area contributed by atoms with Crippen LogP contribution >= 0.6 is 0 Å². The van der Waals surface area contributed by atoms with Gasteiger partial charge in [-0.15, -0.1) is 0 Å². The Bertz CT molecular complexity index is 288. The Balaban J connectivity index is 0.000000419. The first-order valence-electron chi connectivity index (χ1n) is 4.98. The summed E-state index contributed by atoms with van der Waals surface area (Å²) in [4.78, 5) is 38.5. The van der Waals surface area contributed by atoms with Crippen LogP contribution in [0.4, 0.5) is 0 Å².